The van der Waals surface area contributed by atoms with Crippen LogP contribution < -0.4 is 5.32 Å². The number of alkyl halides is 3. The van der Waals surface area contributed by atoms with Gasteiger partial charge in [-0.3, -0.25) is 14.5 Å². The van der Waals surface area contributed by atoms with Gasteiger partial charge in [-0.1, -0.05) is 29.8 Å². The number of hydrogen-bond acceptors (Lipinski definition) is 5. The van der Waals surface area contributed by atoms with Crippen LogP contribution >= 0.6 is 0 Å². The first-order valence-corrected chi connectivity index (χ1v) is 13.7. The van der Waals surface area contributed by atoms with Crippen molar-refractivity contribution in [2.75, 3.05) is 0 Å². The number of carbonyl (C=O) groups is 2. The number of carbonyl (C=O) groups excluding carboxylic acids is 2. The predicted octanol–water partition coefficient (Wildman–Crippen LogP) is 6.89. The maximum atomic E-state index is 14.8. The standard InChI is InChI=1S/C32H30F4N4O3/c1-18-11-24-15-23(17-38-30(42)43-31(2,3)4)39-40(24)29(21-7-8-25(26(33)14-21)32(34,35)36)28(18)27(41)13-19-5-6-22-16-37-10-9-20(22)12-19/h5-10,12,14-16,29H,11,13,17H2,1-4H3,(H,38,42). The molecule has 0 aliphatic carbocycles. The van der Waals surface area contributed by atoms with Crippen LogP contribution in [0.4, 0.5) is 22.4 Å². The summed E-state index contributed by atoms with van der Waals surface area (Å²) in [5.41, 5.74) is 0.933. The van der Waals surface area contributed by atoms with Crippen molar-refractivity contribution in [3.63, 3.8) is 0 Å². The molecule has 0 saturated heterocycles. The van der Waals surface area contributed by atoms with Gasteiger partial charge < -0.3 is 10.1 Å². The summed E-state index contributed by atoms with van der Waals surface area (Å²) >= 11 is 0. The zero-order chi connectivity index (χ0) is 31.1. The van der Waals surface area contributed by atoms with Crippen LogP contribution in [0.25, 0.3) is 10.8 Å². The lowest BCUT2D eigenvalue weighted by atomic mass is 9.85. The lowest BCUT2D eigenvalue weighted by Gasteiger charge is -2.29. The predicted molar refractivity (Wildman–Crippen MR) is 152 cm³/mol. The van der Waals surface area contributed by atoms with E-state index in [0.717, 1.165) is 22.4 Å². The van der Waals surface area contributed by atoms with Crippen LogP contribution in [-0.2, 0) is 35.1 Å². The van der Waals surface area contributed by atoms with E-state index in [0.29, 0.717) is 35.0 Å². The Labute approximate surface area is 245 Å². The third-order valence-corrected chi connectivity index (χ3v) is 7.08. The summed E-state index contributed by atoms with van der Waals surface area (Å²) in [6, 6.07) is 10.9. The van der Waals surface area contributed by atoms with E-state index in [1.54, 1.807) is 46.2 Å². The minimum absolute atomic E-state index is 0.0112. The highest BCUT2D eigenvalue weighted by molar-refractivity contribution is 5.99. The number of fused-ring (bicyclic) bond motifs is 2. The number of rotatable bonds is 6. The van der Waals surface area contributed by atoms with Crippen LogP contribution in [0.5, 0.6) is 0 Å². The van der Waals surface area contributed by atoms with Gasteiger partial charge in [0, 0.05) is 41.9 Å². The van der Waals surface area contributed by atoms with E-state index in [9.17, 15) is 27.2 Å². The molecule has 1 amide bonds. The zero-order valence-electron chi connectivity index (χ0n) is 24.1. The third-order valence-electron chi connectivity index (χ3n) is 7.08. The molecule has 1 N–H and O–H groups in total. The Balaban J connectivity index is 1.51. The number of pyridine rings is 1. The Morgan fingerprint density at radius 1 is 1.05 bits per heavy atom. The molecule has 3 heterocycles. The molecule has 11 heteroatoms. The lowest BCUT2D eigenvalue weighted by Crippen LogP contribution is -2.32. The molecule has 1 atom stereocenters. The number of allylic oxidation sites excluding steroid dienone is 2. The van der Waals surface area contributed by atoms with Gasteiger partial charge in [-0.25, -0.2) is 9.18 Å². The lowest BCUT2D eigenvalue weighted by molar-refractivity contribution is -0.140. The van der Waals surface area contributed by atoms with Crippen molar-refractivity contribution < 1.29 is 31.9 Å². The molecule has 1 unspecified atom stereocenters. The quantitative estimate of drug-likeness (QED) is 0.246. The Kier molecular flexibility index (Phi) is 7.85. The number of nitrogens with zero attached hydrogens (tertiary/aromatic N) is 3. The van der Waals surface area contributed by atoms with Crippen LogP contribution in [0.3, 0.4) is 0 Å². The largest absolute Gasteiger partial charge is 0.444 e. The van der Waals surface area contributed by atoms with Crippen LogP contribution in [0.2, 0.25) is 0 Å². The topological polar surface area (TPSA) is 86.1 Å². The van der Waals surface area contributed by atoms with Crippen molar-refractivity contribution in [2.24, 2.45) is 0 Å². The first kappa shape index (κ1) is 29.9. The number of halogens is 4. The van der Waals surface area contributed by atoms with Gasteiger partial charge in [0.2, 0.25) is 0 Å². The van der Waals surface area contributed by atoms with E-state index in [4.69, 9.17) is 4.74 Å². The summed E-state index contributed by atoms with van der Waals surface area (Å²) in [5, 5.41) is 9.06. The zero-order valence-corrected chi connectivity index (χ0v) is 24.1. The van der Waals surface area contributed by atoms with E-state index < -0.39 is 35.3 Å². The van der Waals surface area contributed by atoms with Crippen LogP contribution in [0.1, 0.15) is 61.8 Å². The first-order valence-electron chi connectivity index (χ1n) is 13.7. The molecule has 5 rings (SSSR count). The molecule has 0 saturated carbocycles. The minimum atomic E-state index is -4.87. The van der Waals surface area contributed by atoms with Gasteiger partial charge >= 0.3 is 12.3 Å². The normalized spacial score (nSPS) is 15.4. The molecule has 1 aliphatic rings. The van der Waals surface area contributed by atoms with E-state index >= 15 is 0 Å². The van der Waals surface area contributed by atoms with Gasteiger partial charge in [-0.05, 0) is 68.5 Å². The molecule has 1 aliphatic heterocycles. The third kappa shape index (κ3) is 6.60. The highest BCUT2D eigenvalue weighted by Crippen LogP contribution is 2.39. The van der Waals surface area contributed by atoms with E-state index in [2.05, 4.69) is 15.4 Å². The molecule has 0 fully saturated rings. The van der Waals surface area contributed by atoms with Gasteiger partial charge in [-0.2, -0.15) is 18.3 Å². The molecule has 2 aromatic carbocycles. The van der Waals surface area contributed by atoms with Crippen molar-refractivity contribution in [3.05, 3.63) is 106 Å². The molecule has 4 aromatic rings. The number of ketones is 1. The Morgan fingerprint density at radius 2 is 1.81 bits per heavy atom. The highest BCUT2D eigenvalue weighted by Gasteiger charge is 2.37. The summed E-state index contributed by atoms with van der Waals surface area (Å²) < 4.78 is 61.7. The van der Waals surface area contributed by atoms with Crippen molar-refractivity contribution in [3.8, 4) is 0 Å². The monoisotopic (exact) mass is 594 g/mol. The van der Waals surface area contributed by atoms with Crippen LogP contribution in [0.15, 0.2) is 72.1 Å². The number of hydrogen-bond donors (Lipinski definition) is 1. The summed E-state index contributed by atoms with van der Waals surface area (Å²) in [6.07, 6.45) is -1.78. The summed E-state index contributed by atoms with van der Waals surface area (Å²) in [4.78, 5) is 30.2. The number of benzene rings is 2. The van der Waals surface area contributed by atoms with E-state index in [-0.39, 0.29) is 24.3 Å². The number of ether oxygens (including phenoxy) is 1. The van der Waals surface area contributed by atoms with Gasteiger partial charge in [0.25, 0.3) is 0 Å². The smallest absolute Gasteiger partial charge is 0.419 e. The number of amides is 1. The first-order chi connectivity index (χ1) is 20.2. The SMILES string of the molecule is CC1=C(C(=O)Cc2ccc3cnccc3c2)C(c2ccc(C(F)(F)F)c(F)c2)n2nc(CNC(=O)OC(C)(C)C)cc2C1. The molecule has 0 spiro atoms. The Hall–Kier alpha value is -4.54. The molecular weight excluding hydrogens is 564 g/mol. The molecule has 224 valence electrons. The number of nitrogens with one attached hydrogen (secondary N) is 1. The Bertz CT molecular complexity index is 1750. The summed E-state index contributed by atoms with van der Waals surface area (Å²) in [7, 11) is 0. The average Bonchev–Trinajstić information content (AvgIpc) is 3.31. The fraction of sp³-hybridized carbons (Fsp3) is 0.312. The van der Waals surface area contributed by atoms with Crippen LogP contribution in [-0.4, -0.2) is 32.2 Å². The maximum Gasteiger partial charge on any atom is 0.419 e. The van der Waals surface area contributed by atoms with E-state index in [1.807, 2.05) is 24.3 Å². The highest BCUT2D eigenvalue weighted by atomic mass is 19.4. The fourth-order valence-electron chi connectivity index (χ4n) is 5.28. The molecule has 43 heavy (non-hydrogen) atoms. The number of aromatic nitrogens is 3. The van der Waals surface area contributed by atoms with Crippen molar-refractivity contribution in [2.45, 2.75) is 64.9 Å². The minimum Gasteiger partial charge on any atom is -0.444 e. The second-order valence-corrected chi connectivity index (χ2v) is 11.6. The molecule has 7 nitrogen and oxygen atoms in total. The molecule has 0 radical (unpaired) electrons. The fourth-order valence-corrected chi connectivity index (χ4v) is 5.28. The Morgan fingerprint density at radius 3 is 2.51 bits per heavy atom. The van der Waals surface area contributed by atoms with Gasteiger partial charge in [0.15, 0.2) is 5.78 Å². The molecule has 0 bridgehead atoms. The van der Waals surface area contributed by atoms with Crippen molar-refractivity contribution >= 4 is 22.6 Å². The molecular formula is C32H30F4N4O3. The second kappa shape index (κ2) is 11.3. The van der Waals surface area contributed by atoms with Crippen LogP contribution in [0, 0.1) is 5.82 Å². The number of alkyl carbamates (subject to hydrolysis) is 1. The second-order valence-electron chi connectivity index (χ2n) is 11.6. The van der Waals surface area contributed by atoms with Crippen molar-refractivity contribution in [1.82, 2.24) is 20.1 Å². The average molecular weight is 595 g/mol. The van der Waals surface area contributed by atoms with Crippen molar-refractivity contribution in [1.29, 1.82) is 0 Å². The van der Waals surface area contributed by atoms with Gasteiger partial charge in [0.1, 0.15) is 17.5 Å². The summed E-state index contributed by atoms with van der Waals surface area (Å²) in [6.45, 7) is 6.99. The van der Waals surface area contributed by atoms with Gasteiger partial charge in [0.05, 0.1) is 17.8 Å². The van der Waals surface area contributed by atoms with Gasteiger partial charge in [-0.15, -0.1) is 0 Å². The molecule has 2 aromatic heterocycles. The summed E-state index contributed by atoms with van der Waals surface area (Å²) in [5.74, 6) is -1.70. The maximum absolute atomic E-state index is 14.8. The number of Topliss-reactive ketones (excluding diaryl/α,β-unsaturated/α-hetero) is 1. The van der Waals surface area contributed by atoms with E-state index in [1.165, 1.54) is 10.7 Å².